The van der Waals surface area contributed by atoms with E-state index < -0.39 is 23.5 Å². The number of carboxylic acids is 1. The minimum Gasteiger partial charge on any atom is -0.482 e. The fourth-order valence-electron chi connectivity index (χ4n) is 1.27. The number of carboxylic acid groups (broad SMARTS) is 1. The van der Waals surface area contributed by atoms with Gasteiger partial charge in [-0.15, -0.1) is 0 Å². The number of aliphatic carboxylic acids is 1. The molecule has 1 N–H and O–H groups in total. The van der Waals surface area contributed by atoms with Crippen LogP contribution in [-0.4, -0.2) is 28.6 Å². The Labute approximate surface area is 107 Å². The van der Waals surface area contributed by atoms with Gasteiger partial charge in [-0.2, -0.15) is 0 Å². The molecule has 0 aliphatic carbocycles. The Morgan fingerprint density at radius 3 is 2.63 bits per heavy atom. The largest absolute Gasteiger partial charge is 0.482 e. The summed E-state index contributed by atoms with van der Waals surface area (Å²) >= 11 is 0. The summed E-state index contributed by atoms with van der Waals surface area (Å²) in [6.45, 7) is 0.331. The molecule has 0 unspecified atom stereocenters. The van der Waals surface area contributed by atoms with Gasteiger partial charge in [-0.1, -0.05) is 0 Å². The third kappa shape index (κ3) is 4.62. The molecule has 102 valence electrons. The first-order valence-electron chi connectivity index (χ1n) is 5.15. The number of benzene rings is 1. The van der Waals surface area contributed by atoms with Gasteiger partial charge >= 0.3 is 11.9 Å². The summed E-state index contributed by atoms with van der Waals surface area (Å²) in [4.78, 5) is 31.2. The molecule has 1 aromatic rings. The molecule has 0 heterocycles. The number of hydrogen-bond acceptors (Lipinski definition) is 6. The van der Waals surface area contributed by atoms with Crippen molar-refractivity contribution >= 4 is 17.6 Å². The Balaban J connectivity index is 2.93. The Morgan fingerprint density at radius 2 is 2.11 bits per heavy atom. The van der Waals surface area contributed by atoms with E-state index in [1.54, 1.807) is 0 Å². The molecule has 8 nitrogen and oxygen atoms in total. The average molecular weight is 269 g/mol. The molecule has 1 rings (SSSR count). The molecule has 0 spiro atoms. The molecule has 1 aromatic carbocycles. The highest BCUT2D eigenvalue weighted by molar-refractivity contribution is 5.68. The lowest BCUT2D eigenvalue weighted by molar-refractivity contribution is -0.385. The molecule has 0 atom stereocenters. The van der Waals surface area contributed by atoms with Crippen LogP contribution in [0.2, 0.25) is 0 Å². The Hall–Kier alpha value is -2.64. The van der Waals surface area contributed by atoms with E-state index in [-0.39, 0.29) is 23.6 Å². The second-order valence-electron chi connectivity index (χ2n) is 3.51. The van der Waals surface area contributed by atoms with Crippen molar-refractivity contribution in [2.75, 3.05) is 6.61 Å². The van der Waals surface area contributed by atoms with Crippen molar-refractivity contribution in [1.29, 1.82) is 0 Å². The van der Waals surface area contributed by atoms with E-state index >= 15 is 0 Å². The van der Waals surface area contributed by atoms with Crippen molar-refractivity contribution in [2.45, 2.75) is 13.5 Å². The van der Waals surface area contributed by atoms with Gasteiger partial charge in [-0.25, -0.2) is 4.79 Å². The SMILES string of the molecule is CC(=O)OCc1cc(OCC(=O)O)ccc1[N+](=O)[O-]. The second kappa shape index (κ2) is 6.34. The number of nitrogens with zero attached hydrogens (tertiary/aromatic N) is 1. The van der Waals surface area contributed by atoms with Crippen LogP contribution in [0.5, 0.6) is 5.75 Å². The zero-order valence-corrected chi connectivity index (χ0v) is 9.99. The highest BCUT2D eigenvalue weighted by atomic mass is 16.6. The maximum absolute atomic E-state index is 10.8. The topological polar surface area (TPSA) is 116 Å². The molecular formula is C11H11NO7. The average Bonchev–Trinajstić information content (AvgIpc) is 2.33. The van der Waals surface area contributed by atoms with Crippen LogP contribution in [0.4, 0.5) is 5.69 Å². The maximum Gasteiger partial charge on any atom is 0.341 e. The van der Waals surface area contributed by atoms with Gasteiger partial charge in [0.1, 0.15) is 12.4 Å². The predicted octanol–water partition coefficient (Wildman–Crippen LogP) is 1.12. The number of rotatable bonds is 6. The Morgan fingerprint density at radius 1 is 1.42 bits per heavy atom. The van der Waals surface area contributed by atoms with Gasteiger partial charge in [0.25, 0.3) is 5.69 Å². The summed E-state index contributed by atoms with van der Waals surface area (Å²) in [5.74, 6) is -1.60. The van der Waals surface area contributed by atoms with E-state index in [0.29, 0.717) is 0 Å². The molecule has 0 aromatic heterocycles. The van der Waals surface area contributed by atoms with E-state index in [2.05, 4.69) is 4.74 Å². The number of esters is 1. The summed E-state index contributed by atoms with van der Waals surface area (Å²) in [5, 5.41) is 19.2. The van der Waals surface area contributed by atoms with E-state index in [1.807, 2.05) is 0 Å². The van der Waals surface area contributed by atoms with Crippen LogP contribution in [0.25, 0.3) is 0 Å². The van der Waals surface area contributed by atoms with Crippen LogP contribution in [0, 0.1) is 10.1 Å². The monoisotopic (exact) mass is 269 g/mol. The Bertz CT molecular complexity index is 512. The third-order valence-electron chi connectivity index (χ3n) is 2.04. The van der Waals surface area contributed by atoms with Gasteiger partial charge in [-0.3, -0.25) is 14.9 Å². The van der Waals surface area contributed by atoms with Crippen LogP contribution in [0.3, 0.4) is 0 Å². The van der Waals surface area contributed by atoms with Crippen molar-refractivity contribution in [1.82, 2.24) is 0 Å². The van der Waals surface area contributed by atoms with E-state index in [9.17, 15) is 19.7 Å². The lowest BCUT2D eigenvalue weighted by atomic mass is 10.2. The maximum atomic E-state index is 10.8. The van der Waals surface area contributed by atoms with Crippen LogP contribution in [-0.2, 0) is 20.9 Å². The Kier molecular flexibility index (Phi) is 4.81. The number of hydrogen-bond donors (Lipinski definition) is 1. The number of nitro groups is 1. The molecule has 0 radical (unpaired) electrons. The van der Waals surface area contributed by atoms with Crippen LogP contribution < -0.4 is 4.74 Å². The van der Waals surface area contributed by atoms with Gasteiger partial charge < -0.3 is 14.6 Å². The molecule has 0 aliphatic heterocycles. The lowest BCUT2D eigenvalue weighted by Gasteiger charge is -2.07. The minimum absolute atomic E-state index is 0.128. The van der Waals surface area contributed by atoms with Crippen molar-refractivity contribution in [3.8, 4) is 5.75 Å². The number of carbonyl (C=O) groups is 2. The molecular weight excluding hydrogens is 258 g/mol. The third-order valence-corrected chi connectivity index (χ3v) is 2.04. The summed E-state index contributed by atoms with van der Waals surface area (Å²) in [6.07, 6.45) is 0. The fraction of sp³-hybridized carbons (Fsp3) is 0.273. The first-order chi connectivity index (χ1) is 8.90. The first kappa shape index (κ1) is 14.4. The lowest BCUT2D eigenvalue weighted by Crippen LogP contribution is -2.10. The van der Waals surface area contributed by atoms with Gasteiger partial charge in [0.05, 0.1) is 10.5 Å². The molecule has 0 fully saturated rings. The smallest absolute Gasteiger partial charge is 0.341 e. The van der Waals surface area contributed by atoms with Crippen molar-refractivity contribution in [3.05, 3.63) is 33.9 Å². The molecule has 0 saturated heterocycles. The van der Waals surface area contributed by atoms with Gasteiger partial charge in [0.15, 0.2) is 6.61 Å². The summed E-state index contributed by atoms with van der Waals surface area (Å²) < 4.78 is 9.57. The van der Waals surface area contributed by atoms with Crippen LogP contribution >= 0.6 is 0 Å². The van der Waals surface area contributed by atoms with Crippen molar-refractivity contribution in [3.63, 3.8) is 0 Å². The zero-order chi connectivity index (χ0) is 14.4. The number of ether oxygens (including phenoxy) is 2. The minimum atomic E-state index is -1.17. The molecule has 19 heavy (non-hydrogen) atoms. The van der Waals surface area contributed by atoms with E-state index in [4.69, 9.17) is 9.84 Å². The van der Waals surface area contributed by atoms with Crippen molar-refractivity contribution < 1.29 is 29.1 Å². The molecule has 0 bridgehead atoms. The van der Waals surface area contributed by atoms with Gasteiger partial charge in [0, 0.05) is 13.0 Å². The van der Waals surface area contributed by atoms with Gasteiger partial charge in [0.2, 0.25) is 0 Å². The standard InChI is InChI=1S/C11H11NO7/c1-7(13)18-5-8-4-9(19-6-11(14)15)2-3-10(8)12(16)17/h2-4H,5-6H2,1H3,(H,14,15). The van der Waals surface area contributed by atoms with Crippen molar-refractivity contribution in [2.24, 2.45) is 0 Å². The quantitative estimate of drug-likeness (QED) is 0.467. The van der Waals surface area contributed by atoms with E-state index in [1.165, 1.54) is 19.1 Å². The molecule has 0 saturated carbocycles. The van der Waals surface area contributed by atoms with Crippen LogP contribution in [0.15, 0.2) is 18.2 Å². The number of carbonyl (C=O) groups excluding carboxylic acids is 1. The fourth-order valence-corrected chi connectivity index (χ4v) is 1.27. The number of nitro benzene ring substituents is 1. The highest BCUT2D eigenvalue weighted by Crippen LogP contribution is 2.24. The normalized spacial score (nSPS) is 9.74. The second-order valence-corrected chi connectivity index (χ2v) is 3.51. The molecule has 8 heteroatoms. The van der Waals surface area contributed by atoms with E-state index in [0.717, 1.165) is 6.07 Å². The summed E-state index contributed by atoms with van der Waals surface area (Å²) in [5.41, 5.74) is -0.105. The van der Waals surface area contributed by atoms with Gasteiger partial charge in [-0.05, 0) is 12.1 Å². The molecule has 0 aliphatic rings. The summed E-state index contributed by atoms with van der Waals surface area (Å²) in [6, 6.07) is 3.71. The highest BCUT2D eigenvalue weighted by Gasteiger charge is 2.16. The zero-order valence-electron chi connectivity index (χ0n) is 9.99. The summed E-state index contributed by atoms with van der Waals surface area (Å²) in [7, 11) is 0. The van der Waals surface area contributed by atoms with Crippen LogP contribution in [0.1, 0.15) is 12.5 Å². The molecule has 0 amide bonds. The first-order valence-corrected chi connectivity index (χ1v) is 5.15. The predicted molar refractivity (Wildman–Crippen MR) is 61.7 cm³/mol.